The highest BCUT2D eigenvalue weighted by Crippen LogP contribution is 2.29. The summed E-state index contributed by atoms with van der Waals surface area (Å²) in [5.41, 5.74) is 1.63. The Morgan fingerprint density at radius 1 is 1.42 bits per heavy atom. The van der Waals surface area contributed by atoms with E-state index in [4.69, 9.17) is 11.6 Å². The molecule has 0 amide bonds. The molecule has 104 valence electrons. The number of hydrogen-bond donors (Lipinski definition) is 0. The van der Waals surface area contributed by atoms with Gasteiger partial charge in [-0.3, -0.25) is 0 Å². The topological polar surface area (TPSA) is 17.8 Å². The van der Waals surface area contributed by atoms with Crippen molar-refractivity contribution in [2.24, 2.45) is 0 Å². The molecule has 1 aromatic heterocycles. The first-order valence-corrected chi connectivity index (χ1v) is 8.03. The Balaban J connectivity index is 2.53. The van der Waals surface area contributed by atoms with Crippen molar-refractivity contribution in [1.82, 2.24) is 9.55 Å². The summed E-state index contributed by atoms with van der Waals surface area (Å²) in [6.07, 6.45) is 0. The van der Waals surface area contributed by atoms with E-state index in [2.05, 4.69) is 23.4 Å². The Hall–Kier alpha value is -0.740. The fraction of sp³-hybridized carbons (Fsp3) is 0.500. The molecule has 0 fully saturated rings. The number of nitrogens with zero attached hydrogens (tertiary/aromatic N) is 2. The summed E-state index contributed by atoms with van der Waals surface area (Å²) in [6.45, 7) is 6.15. The van der Waals surface area contributed by atoms with Crippen LogP contribution in [0.3, 0.4) is 0 Å². The van der Waals surface area contributed by atoms with Gasteiger partial charge in [0, 0.05) is 11.8 Å². The summed E-state index contributed by atoms with van der Waals surface area (Å²) in [7, 11) is 0. The van der Waals surface area contributed by atoms with Crippen molar-refractivity contribution in [3.8, 4) is 0 Å². The second-order valence-electron chi connectivity index (χ2n) is 4.60. The molecule has 5 heteroatoms. The van der Waals surface area contributed by atoms with Crippen LogP contribution in [0.15, 0.2) is 18.2 Å². The molecule has 2 unspecified atom stereocenters. The minimum atomic E-state index is -0.238. The van der Waals surface area contributed by atoms with E-state index in [0.717, 1.165) is 28.4 Å². The van der Waals surface area contributed by atoms with Gasteiger partial charge in [-0.1, -0.05) is 6.92 Å². The molecular formula is C14H18ClFN2S. The van der Waals surface area contributed by atoms with Crippen molar-refractivity contribution >= 4 is 34.4 Å². The van der Waals surface area contributed by atoms with Crippen LogP contribution in [-0.4, -0.2) is 21.1 Å². The second kappa shape index (κ2) is 6.14. The van der Waals surface area contributed by atoms with Crippen LogP contribution >= 0.6 is 23.4 Å². The van der Waals surface area contributed by atoms with Gasteiger partial charge in [0.1, 0.15) is 11.6 Å². The predicted octanol–water partition coefficient (Wildman–Crippen LogP) is 4.79. The normalized spacial score (nSPS) is 14.8. The fourth-order valence-electron chi connectivity index (χ4n) is 2.19. The van der Waals surface area contributed by atoms with Crippen LogP contribution in [-0.2, 0) is 0 Å². The summed E-state index contributed by atoms with van der Waals surface area (Å²) in [5, 5.41) is -0.190. The third-order valence-electron chi connectivity index (χ3n) is 3.04. The van der Waals surface area contributed by atoms with Gasteiger partial charge in [-0.2, -0.15) is 11.8 Å². The highest BCUT2D eigenvalue weighted by molar-refractivity contribution is 7.99. The van der Waals surface area contributed by atoms with E-state index < -0.39 is 0 Å². The number of imidazole rings is 1. The Bertz CT molecular complexity index is 568. The standard InChI is InChI=1S/C14H18ClFN2S/c1-4-19-8-9(2)18-13-7-11(16)5-6-12(13)17-14(18)10(3)15/h5-7,9-10H,4,8H2,1-3H3. The summed E-state index contributed by atoms with van der Waals surface area (Å²) in [5.74, 6) is 2.61. The summed E-state index contributed by atoms with van der Waals surface area (Å²) in [4.78, 5) is 4.54. The van der Waals surface area contributed by atoms with E-state index in [1.165, 1.54) is 12.1 Å². The van der Waals surface area contributed by atoms with Gasteiger partial charge in [0.15, 0.2) is 0 Å². The first-order chi connectivity index (χ1) is 9.04. The zero-order valence-corrected chi connectivity index (χ0v) is 12.9. The van der Waals surface area contributed by atoms with Gasteiger partial charge < -0.3 is 4.57 Å². The third kappa shape index (κ3) is 3.06. The maximum Gasteiger partial charge on any atom is 0.127 e. The third-order valence-corrected chi connectivity index (χ3v) is 4.36. The molecule has 19 heavy (non-hydrogen) atoms. The average molecular weight is 301 g/mol. The van der Waals surface area contributed by atoms with Crippen molar-refractivity contribution in [3.05, 3.63) is 29.8 Å². The van der Waals surface area contributed by atoms with E-state index in [1.54, 1.807) is 6.07 Å². The maximum absolute atomic E-state index is 13.5. The summed E-state index contributed by atoms with van der Waals surface area (Å²) >= 11 is 8.08. The van der Waals surface area contributed by atoms with Gasteiger partial charge in [-0.25, -0.2) is 9.37 Å². The number of halogens is 2. The predicted molar refractivity (Wildman–Crippen MR) is 81.7 cm³/mol. The lowest BCUT2D eigenvalue weighted by molar-refractivity contribution is 0.589. The lowest BCUT2D eigenvalue weighted by Crippen LogP contribution is -2.12. The molecule has 0 aliphatic carbocycles. The number of hydrogen-bond acceptors (Lipinski definition) is 2. The summed E-state index contributed by atoms with van der Waals surface area (Å²) < 4.78 is 15.5. The molecule has 0 saturated heterocycles. The van der Waals surface area contributed by atoms with Gasteiger partial charge in [0.05, 0.1) is 16.4 Å². The van der Waals surface area contributed by atoms with Gasteiger partial charge in [-0.05, 0) is 37.8 Å². The number of fused-ring (bicyclic) bond motifs is 1. The zero-order chi connectivity index (χ0) is 14.0. The lowest BCUT2D eigenvalue weighted by Gasteiger charge is -2.18. The number of benzene rings is 1. The maximum atomic E-state index is 13.5. The quantitative estimate of drug-likeness (QED) is 0.739. The highest BCUT2D eigenvalue weighted by Gasteiger charge is 2.19. The van der Waals surface area contributed by atoms with Gasteiger partial charge in [0.2, 0.25) is 0 Å². The molecule has 0 saturated carbocycles. The smallest absolute Gasteiger partial charge is 0.127 e. The molecule has 2 nitrogen and oxygen atoms in total. The van der Waals surface area contributed by atoms with Crippen LogP contribution in [0.4, 0.5) is 4.39 Å². The van der Waals surface area contributed by atoms with Crippen molar-refractivity contribution in [1.29, 1.82) is 0 Å². The van der Waals surface area contributed by atoms with Crippen LogP contribution in [0, 0.1) is 5.82 Å². The Morgan fingerprint density at radius 3 is 2.79 bits per heavy atom. The van der Waals surface area contributed by atoms with Gasteiger partial charge >= 0.3 is 0 Å². The van der Waals surface area contributed by atoms with Crippen molar-refractivity contribution in [3.63, 3.8) is 0 Å². The van der Waals surface area contributed by atoms with Crippen molar-refractivity contribution in [2.45, 2.75) is 32.2 Å². The second-order valence-corrected chi connectivity index (χ2v) is 6.57. The molecule has 2 atom stereocenters. The highest BCUT2D eigenvalue weighted by atomic mass is 35.5. The van der Waals surface area contributed by atoms with E-state index in [9.17, 15) is 4.39 Å². The first-order valence-electron chi connectivity index (χ1n) is 6.43. The van der Waals surface area contributed by atoms with Crippen LogP contribution in [0.25, 0.3) is 11.0 Å². The molecule has 1 heterocycles. The van der Waals surface area contributed by atoms with Gasteiger partial charge in [-0.15, -0.1) is 11.6 Å². The molecule has 0 radical (unpaired) electrons. The molecule has 0 spiro atoms. The Labute approximate surface area is 122 Å². The minimum absolute atomic E-state index is 0.190. The first kappa shape index (κ1) is 14.7. The Kier molecular flexibility index (Phi) is 4.74. The molecule has 0 aliphatic heterocycles. The monoisotopic (exact) mass is 300 g/mol. The van der Waals surface area contributed by atoms with Crippen molar-refractivity contribution < 1.29 is 4.39 Å². The molecule has 0 aliphatic rings. The zero-order valence-electron chi connectivity index (χ0n) is 11.4. The minimum Gasteiger partial charge on any atom is -0.323 e. The molecule has 2 aromatic rings. The molecule has 1 aromatic carbocycles. The van der Waals surface area contributed by atoms with E-state index in [1.807, 2.05) is 18.7 Å². The lowest BCUT2D eigenvalue weighted by atomic mass is 10.3. The van der Waals surface area contributed by atoms with Crippen molar-refractivity contribution in [2.75, 3.05) is 11.5 Å². The van der Waals surface area contributed by atoms with E-state index in [0.29, 0.717) is 0 Å². The van der Waals surface area contributed by atoms with E-state index in [-0.39, 0.29) is 17.2 Å². The molecule has 0 N–H and O–H groups in total. The average Bonchev–Trinajstić information content (AvgIpc) is 2.74. The summed E-state index contributed by atoms with van der Waals surface area (Å²) in [6, 6.07) is 4.93. The number of thioether (sulfide) groups is 1. The Morgan fingerprint density at radius 2 is 2.16 bits per heavy atom. The molecule has 0 bridgehead atoms. The number of aromatic nitrogens is 2. The molecular weight excluding hydrogens is 283 g/mol. The van der Waals surface area contributed by atoms with Gasteiger partial charge in [0.25, 0.3) is 0 Å². The largest absolute Gasteiger partial charge is 0.323 e. The fourth-order valence-corrected chi connectivity index (χ4v) is 3.07. The van der Waals surface area contributed by atoms with Crippen LogP contribution in [0.2, 0.25) is 0 Å². The van der Waals surface area contributed by atoms with E-state index >= 15 is 0 Å². The SMILES string of the molecule is CCSCC(C)n1c(C(C)Cl)nc2ccc(F)cc21. The van der Waals surface area contributed by atoms with Crippen LogP contribution in [0.1, 0.15) is 38.0 Å². The number of alkyl halides is 1. The van der Waals surface area contributed by atoms with Crippen LogP contribution < -0.4 is 0 Å². The number of rotatable bonds is 5. The van der Waals surface area contributed by atoms with Crippen LogP contribution in [0.5, 0.6) is 0 Å². The molecule has 2 rings (SSSR count).